The number of nitrogens with zero attached hydrogens (tertiary/aromatic N) is 2. The summed E-state index contributed by atoms with van der Waals surface area (Å²) in [6.07, 6.45) is 0. The van der Waals surface area contributed by atoms with Gasteiger partial charge in [-0.05, 0) is 56.1 Å². The summed E-state index contributed by atoms with van der Waals surface area (Å²) in [5.74, 6) is 1.13. The molecule has 0 fully saturated rings. The molecule has 0 aliphatic carbocycles. The van der Waals surface area contributed by atoms with E-state index in [1.807, 2.05) is 37.2 Å². The number of carbonyl (C=O) groups is 1. The average Bonchev–Trinajstić information content (AvgIpc) is 3.15. The molecule has 2 aromatic carbocycles. The number of fused-ring (bicyclic) bond motifs is 1. The van der Waals surface area contributed by atoms with Gasteiger partial charge in [-0.1, -0.05) is 6.07 Å². The highest BCUT2D eigenvalue weighted by Crippen LogP contribution is 2.35. The third-order valence-corrected chi connectivity index (χ3v) is 6.59. The minimum absolute atomic E-state index is 0.0677. The van der Waals surface area contributed by atoms with Crippen LogP contribution in [0.1, 0.15) is 22.0 Å². The van der Waals surface area contributed by atoms with E-state index in [4.69, 9.17) is 9.47 Å². The summed E-state index contributed by atoms with van der Waals surface area (Å²) in [5.41, 5.74) is 1.39. The van der Waals surface area contributed by atoms with Crippen LogP contribution in [0.2, 0.25) is 0 Å². The molecule has 1 unspecified atom stereocenters. The quantitative estimate of drug-likeness (QED) is 0.735. The molecular formula is C20H25N3O5S. The Bertz CT molecular complexity index is 988. The Balaban J connectivity index is 1.69. The van der Waals surface area contributed by atoms with Crippen LogP contribution in [0.5, 0.6) is 11.5 Å². The maximum atomic E-state index is 12.6. The van der Waals surface area contributed by atoms with E-state index < -0.39 is 10.0 Å². The molecule has 3 rings (SSSR count). The van der Waals surface area contributed by atoms with Crippen molar-refractivity contribution in [2.45, 2.75) is 10.9 Å². The minimum Gasteiger partial charge on any atom is -0.454 e. The van der Waals surface area contributed by atoms with Crippen LogP contribution in [0, 0.1) is 0 Å². The van der Waals surface area contributed by atoms with Crippen LogP contribution in [-0.2, 0) is 10.0 Å². The standard InChI is InChI=1S/C20H25N3O5S/c1-22(2)17(15-7-10-18-19(11-15)28-13-27-18)12-21-20(24)14-5-8-16(9-6-14)29(25,26)23(3)4/h5-11,17H,12-13H2,1-4H3,(H,21,24). The number of ether oxygens (including phenoxy) is 2. The second kappa shape index (κ2) is 8.40. The molecular weight excluding hydrogens is 394 g/mol. The van der Waals surface area contributed by atoms with Gasteiger partial charge in [0.1, 0.15) is 0 Å². The first-order chi connectivity index (χ1) is 13.7. The summed E-state index contributed by atoms with van der Waals surface area (Å²) in [4.78, 5) is 14.7. The molecule has 0 spiro atoms. The summed E-state index contributed by atoms with van der Waals surface area (Å²) < 4.78 is 36.2. The lowest BCUT2D eigenvalue weighted by Crippen LogP contribution is -2.34. The lowest BCUT2D eigenvalue weighted by molar-refractivity contribution is 0.0942. The van der Waals surface area contributed by atoms with Crippen molar-refractivity contribution in [3.63, 3.8) is 0 Å². The summed E-state index contributed by atoms with van der Waals surface area (Å²) in [6, 6.07) is 11.6. The smallest absolute Gasteiger partial charge is 0.251 e. The van der Waals surface area contributed by atoms with Crippen molar-refractivity contribution in [3.05, 3.63) is 53.6 Å². The van der Waals surface area contributed by atoms with Gasteiger partial charge in [0.2, 0.25) is 16.8 Å². The zero-order valence-electron chi connectivity index (χ0n) is 16.9. The molecule has 2 aromatic rings. The predicted octanol–water partition coefficient (Wildman–Crippen LogP) is 1.70. The van der Waals surface area contributed by atoms with E-state index in [0.717, 1.165) is 9.87 Å². The van der Waals surface area contributed by atoms with Crippen LogP contribution in [0.25, 0.3) is 0 Å². The molecule has 1 atom stereocenters. The molecule has 0 bridgehead atoms. The third-order valence-electron chi connectivity index (χ3n) is 4.76. The second-order valence-corrected chi connectivity index (χ2v) is 9.27. The van der Waals surface area contributed by atoms with Gasteiger partial charge in [0, 0.05) is 26.2 Å². The minimum atomic E-state index is -3.52. The Morgan fingerprint density at radius 1 is 1.03 bits per heavy atom. The molecule has 1 amide bonds. The van der Waals surface area contributed by atoms with Crippen LogP contribution in [-0.4, -0.2) is 65.1 Å². The third kappa shape index (κ3) is 4.52. The van der Waals surface area contributed by atoms with Crippen molar-refractivity contribution >= 4 is 15.9 Å². The average molecular weight is 420 g/mol. The van der Waals surface area contributed by atoms with Gasteiger partial charge >= 0.3 is 0 Å². The lowest BCUT2D eigenvalue weighted by Gasteiger charge is -2.25. The molecule has 1 N–H and O–H groups in total. The highest BCUT2D eigenvalue weighted by atomic mass is 32.2. The Morgan fingerprint density at radius 2 is 1.69 bits per heavy atom. The van der Waals surface area contributed by atoms with Gasteiger partial charge < -0.3 is 19.7 Å². The van der Waals surface area contributed by atoms with Gasteiger partial charge in [0.15, 0.2) is 11.5 Å². The number of rotatable bonds is 7. The van der Waals surface area contributed by atoms with Gasteiger partial charge in [0.05, 0.1) is 10.9 Å². The molecule has 8 nitrogen and oxygen atoms in total. The molecule has 29 heavy (non-hydrogen) atoms. The molecule has 1 aliphatic rings. The van der Waals surface area contributed by atoms with Crippen molar-refractivity contribution in [2.75, 3.05) is 41.5 Å². The van der Waals surface area contributed by atoms with Crippen molar-refractivity contribution in [3.8, 4) is 11.5 Å². The summed E-state index contributed by atoms with van der Waals surface area (Å²) in [7, 11) is 3.27. The highest BCUT2D eigenvalue weighted by Gasteiger charge is 2.21. The van der Waals surface area contributed by atoms with Crippen LogP contribution in [0.15, 0.2) is 47.4 Å². The lowest BCUT2D eigenvalue weighted by atomic mass is 10.0. The predicted molar refractivity (Wildman–Crippen MR) is 109 cm³/mol. The molecule has 156 valence electrons. The molecule has 1 heterocycles. The number of likely N-dealkylation sites (N-methyl/N-ethyl adjacent to an activating group) is 1. The normalized spacial score (nSPS) is 14.3. The Hall–Kier alpha value is -2.62. The zero-order chi connectivity index (χ0) is 21.2. The Labute approximate surface area is 171 Å². The fourth-order valence-electron chi connectivity index (χ4n) is 3.00. The fraction of sp³-hybridized carbons (Fsp3) is 0.350. The molecule has 9 heteroatoms. The van der Waals surface area contributed by atoms with E-state index in [1.54, 1.807) is 0 Å². The van der Waals surface area contributed by atoms with Crippen LogP contribution in [0.4, 0.5) is 0 Å². The number of hydrogen-bond donors (Lipinski definition) is 1. The van der Waals surface area contributed by atoms with E-state index in [0.29, 0.717) is 23.6 Å². The van der Waals surface area contributed by atoms with E-state index in [2.05, 4.69) is 5.32 Å². The van der Waals surface area contributed by atoms with E-state index in [1.165, 1.54) is 38.4 Å². The summed E-state index contributed by atoms with van der Waals surface area (Å²) in [6.45, 7) is 0.588. The van der Waals surface area contributed by atoms with E-state index >= 15 is 0 Å². The van der Waals surface area contributed by atoms with Crippen molar-refractivity contribution in [1.29, 1.82) is 0 Å². The first kappa shape index (κ1) is 21.1. The van der Waals surface area contributed by atoms with Gasteiger partial charge in [-0.25, -0.2) is 12.7 Å². The molecule has 1 aliphatic heterocycles. The maximum absolute atomic E-state index is 12.6. The zero-order valence-corrected chi connectivity index (χ0v) is 17.7. The van der Waals surface area contributed by atoms with Crippen LogP contribution in [0.3, 0.4) is 0 Å². The summed E-state index contributed by atoms with van der Waals surface area (Å²) in [5, 5.41) is 2.92. The van der Waals surface area contributed by atoms with E-state index in [9.17, 15) is 13.2 Å². The number of nitrogens with one attached hydrogen (secondary N) is 1. The number of hydrogen-bond acceptors (Lipinski definition) is 6. The fourth-order valence-corrected chi connectivity index (χ4v) is 3.90. The largest absolute Gasteiger partial charge is 0.454 e. The first-order valence-corrected chi connectivity index (χ1v) is 10.5. The Kier molecular flexibility index (Phi) is 6.11. The van der Waals surface area contributed by atoms with Gasteiger partial charge in [-0.15, -0.1) is 0 Å². The molecule has 0 aromatic heterocycles. The van der Waals surface area contributed by atoms with Gasteiger partial charge in [0.25, 0.3) is 5.91 Å². The summed E-state index contributed by atoms with van der Waals surface area (Å²) >= 11 is 0. The maximum Gasteiger partial charge on any atom is 0.251 e. The SMILES string of the molecule is CN(C)C(CNC(=O)c1ccc(S(=O)(=O)N(C)C)cc1)c1ccc2c(c1)OCO2. The first-order valence-electron chi connectivity index (χ1n) is 9.07. The number of benzene rings is 2. The second-order valence-electron chi connectivity index (χ2n) is 7.11. The molecule has 0 radical (unpaired) electrons. The van der Waals surface area contributed by atoms with Gasteiger partial charge in [-0.3, -0.25) is 4.79 Å². The number of sulfonamides is 1. The Morgan fingerprint density at radius 3 is 2.31 bits per heavy atom. The van der Waals surface area contributed by atoms with Crippen molar-refractivity contribution < 1.29 is 22.7 Å². The van der Waals surface area contributed by atoms with Gasteiger partial charge in [-0.2, -0.15) is 0 Å². The van der Waals surface area contributed by atoms with Crippen molar-refractivity contribution in [2.24, 2.45) is 0 Å². The topological polar surface area (TPSA) is 88.2 Å². The molecule has 0 saturated carbocycles. The monoisotopic (exact) mass is 419 g/mol. The number of amides is 1. The van der Waals surface area contributed by atoms with Crippen molar-refractivity contribution in [1.82, 2.24) is 14.5 Å². The van der Waals surface area contributed by atoms with E-state index in [-0.39, 0.29) is 23.6 Å². The highest BCUT2D eigenvalue weighted by molar-refractivity contribution is 7.89. The molecule has 0 saturated heterocycles. The van der Waals surface area contributed by atoms with Crippen LogP contribution >= 0.6 is 0 Å². The number of carbonyl (C=O) groups excluding carboxylic acids is 1. The van der Waals surface area contributed by atoms with Crippen LogP contribution < -0.4 is 14.8 Å².